The maximum Gasteiger partial charge on any atom is 0.234 e. The average Bonchev–Trinajstić information content (AvgIpc) is 3.12. The summed E-state index contributed by atoms with van der Waals surface area (Å²) in [6, 6.07) is 13.6. The predicted molar refractivity (Wildman–Crippen MR) is 109 cm³/mol. The van der Waals surface area contributed by atoms with Crippen molar-refractivity contribution in [3.63, 3.8) is 0 Å². The van der Waals surface area contributed by atoms with Crippen LogP contribution in [0, 0.1) is 18.6 Å². The van der Waals surface area contributed by atoms with Crippen LogP contribution in [0.2, 0.25) is 0 Å². The summed E-state index contributed by atoms with van der Waals surface area (Å²) in [6.07, 6.45) is 1.68. The number of benzene rings is 2. The van der Waals surface area contributed by atoms with E-state index in [2.05, 4.69) is 15.4 Å². The van der Waals surface area contributed by atoms with Crippen molar-refractivity contribution in [3.05, 3.63) is 78.1 Å². The number of aromatic nitrogens is 3. The highest BCUT2D eigenvalue weighted by Crippen LogP contribution is 2.28. The second-order valence-electron chi connectivity index (χ2n) is 6.38. The fraction of sp³-hybridized carbons (Fsp3) is 0.0952. The first-order valence-electron chi connectivity index (χ1n) is 8.79. The first kappa shape index (κ1) is 19.1. The van der Waals surface area contributed by atoms with E-state index in [1.54, 1.807) is 22.8 Å². The van der Waals surface area contributed by atoms with Gasteiger partial charge in [-0.2, -0.15) is 5.10 Å². The van der Waals surface area contributed by atoms with Crippen molar-refractivity contribution in [1.29, 1.82) is 0 Å². The minimum Gasteiger partial charge on any atom is -0.325 e. The average molecular weight is 410 g/mol. The second kappa shape index (κ2) is 8.00. The number of nitrogens with zero attached hydrogens (tertiary/aromatic N) is 3. The van der Waals surface area contributed by atoms with Crippen LogP contribution in [-0.4, -0.2) is 26.3 Å². The van der Waals surface area contributed by atoms with E-state index in [1.807, 2.05) is 13.0 Å². The first-order chi connectivity index (χ1) is 14.0. The molecule has 0 fully saturated rings. The van der Waals surface area contributed by atoms with Crippen LogP contribution in [0.1, 0.15) is 5.69 Å². The Balaban J connectivity index is 1.55. The lowest BCUT2D eigenvalue weighted by molar-refractivity contribution is -0.113. The zero-order chi connectivity index (χ0) is 20.4. The molecule has 4 aromatic rings. The SMILES string of the molecule is Cc1cc(SCC(=O)Nc2ccc(F)cc2)n2ncc(-c3ccc(F)cc3)c2n1. The molecule has 0 aliphatic carbocycles. The van der Waals surface area contributed by atoms with Gasteiger partial charge in [-0.25, -0.2) is 18.3 Å². The maximum atomic E-state index is 13.2. The molecule has 0 saturated heterocycles. The molecule has 0 unspecified atom stereocenters. The van der Waals surface area contributed by atoms with E-state index in [-0.39, 0.29) is 23.3 Å². The molecule has 1 N–H and O–H groups in total. The van der Waals surface area contributed by atoms with E-state index in [9.17, 15) is 13.6 Å². The Morgan fingerprint density at radius 3 is 2.41 bits per heavy atom. The number of rotatable bonds is 5. The topological polar surface area (TPSA) is 59.3 Å². The highest BCUT2D eigenvalue weighted by atomic mass is 32.2. The van der Waals surface area contributed by atoms with Gasteiger partial charge in [-0.05, 0) is 55.0 Å². The van der Waals surface area contributed by atoms with Crippen LogP contribution >= 0.6 is 11.8 Å². The standard InChI is InChI=1S/C21H16F2N4OS/c1-13-10-20(29-12-19(28)26-17-8-6-16(23)7-9-17)27-21(25-13)18(11-24-27)14-2-4-15(22)5-3-14/h2-11H,12H2,1H3,(H,26,28). The summed E-state index contributed by atoms with van der Waals surface area (Å²) in [5, 5.41) is 7.89. The van der Waals surface area contributed by atoms with Crippen LogP contribution in [0.15, 0.2) is 65.8 Å². The molecule has 5 nitrogen and oxygen atoms in total. The number of fused-ring (bicyclic) bond motifs is 1. The van der Waals surface area contributed by atoms with E-state index in [4.69, 9.17) is 0 Å². The number of carbonyl (C=O) groups excluding carboxylic acids is 1. The Kier molecular flexibility index (Phi) is 5.26. The monoisotopic (exact) mass is 410 g/mol. The largest absolute Gasteiger partial charge is 0.325 e. The van der Waals surface area contributed by atoms with E-state index < -0.39 is 0 Å². The normalized spacial score (nSPS) is 11.0. The van der Waals surface area contributed by atoms with Crippen LogP contribution in [-0.2, 0) is 4.79 Å². The minimum atomic E-state index is -0.359. The zero-order valence-corrected chi connectivity index (χ0v) is 16.2. The molecule has 8 heteroatoms. The maximum absolute atomic E-state index is 13.2. The Bertz CT molecular complexity index is 1170. The van der Waals surface area contributed by atoms with Gasteiger partial charge in [-0.3, -0.25) is 4.79 Å². The van der Waals surface area contributed by atoms with Gasteiger partial charge in [0.05, 0.1) is 11.9 Å². The van der Waals surface area contributed by atoms with Gasteiger partial charge in [0.25, 0.3) is 0 Å². The van der Waals surface area contributed by atoms with Gasteiger partial charge >= 0.3 is 0 Å². The van der Waals surface area contributed by atoms with Gasteiger partial charge in [0.15, 0.2) is 5.65 Å². The number of halogens is 2. The van der Waals surface area contributed by atoms with Crippen LogP contribution in [0.4, 0.5) is 14.5 Å². The van der Waals surface area contributed by atoms with E-state index in [1.165, 1.54) is 48.2 Å². The summed E-state index contributed by atoms with van der Waals surface area (Å²) in [5.41, 5.74) is 3.54. The Morgan fingerprint density at radius 2 is 1.72 bits per heavy atom. The summed E-state index contributed by atoms with van der Waals surface area (Å²) < 4.78 is 27.9. The molecule has 2 heterocycles. The Labute approximate surface area is 169 Å². The number of hydrogen-bond donors (Lipinski definition) is 1. The summed E-state index contributed by atoms with van der Waals surface area (Å²) in [5.74, 6) is -0.725. The molecule has 0 spiro atoms. The molecule has 0 bridgehead atoms. The van der Waals surface area contributed by atoms with Crippen molar-refractivity contribution in [3.8, 4) is 11.1 Å². The quantitative estimate of drug-likeness (QED) is 0.382. The molecule has 2 aromatic carbocycles. The molecule has 29 heavy (non-hydrogen) atoms. The molecule has 0 radical (unpaired) electrons. The first-order valence-corrected chi connectivity index (χ1v) is 9.78. The second-order valence-corrected chi connectivity index (χ2v) is 7.38. The summed E-state index contributed by atoms with van der Waals surface area (Å²) in [7, 11) is 0. The van der Waals surface area contributed by atoms with E-state index in [0.717, 1.165) is 21.8 Å². The lowest BCUT2D eigenvalue weighted by Crippen LogP contribution is -2.14. The number of hydrogen-bond acceptors (Lipinski definition) is 4. The molecule has 0 aliphatic rings. The van der Waals surface area contributed by atoms with E-state index in [0.29, 0.717) is 11.3 Å². The zero-order valence-electron chi connectivity index (χ0n) is 15.4. The van der Waals surface area contributed by atoms with Crippen LogP contribution in [0.3, 0.4) is 0 Å². The van der Waals surface area contributed by atoms with Gasteiger partial charge < -0.3 is 5.32 Å². The van der Waals surface area contributed by atoms with Gasteiger partial charge in [0.1, 0.15) is 16.7 Å². The highest BCUT2D eigenvalue weighted by molar-refractivity contribution is 7.99. The lowest BCUT2D eigenvalue weighted by Gasteiger charge is -2.08. The third-order valence-corrected chi connectivity index (χ3v) is 5.19. The van der Waals surface area contributed by atoms with Crippen molar-refractivity contribution in [1.82, 2.24) is 14.6 Å². The smallest absolute Gasteiger partial charge is 0.234 e. The van der Waals surface area contributed by atoms with Gasteiger partial charge in [-0.15, -0.1) is 0 Å². The van der Waals surface area contributed by atoms with Crippen LogP contribution < -0.4 is 5.32 Å². The number of amides is 1. The van der Waals surface area contributed by atoms with Crippen molar-refractivity contribution in [2.24, 2.45) is 0 Å². The number of nitrogens with one attached hydrogen (secondary N) is 1. The third-order valence-electron chi connectivity index (χ3n) is 4.20. The Hall–Kier alpha value is -3.26. The van der Waals surface area contributed by atoms with Gasteiger partial charge in [-0.1, -0.05) is 23.9 Å². The molecule has 4 rings (SSSR count). The molecular formula is C21H16F2N4OS. The molecule has 2 aromatic heterocycles. The number of carbonyl (C=O) groups is 1. The summed E-state index contributed by atoms with van der Waals surface area (Å²) in [4.78, 5) is 16.8. The third kappa shape index (κ3) is 4.27. The van der Waals surface area contributed by atoms with Crippen LogP contribution in [0.25, 0.3) is 16.8 Å². The Morgan fingerprint density at radius 1 is 1.07 bits per heavy atom. The lowest BCUT2D eigenvalue weighted by atomic mass is 10.1. The van der Waals surface area contributed by atoms with E-state index >= 15 is 0 Å². The van der Waals surface area contributed by atoms with Crippen molar-refractivity contribution in [2.45, 2.75) is 11.9 Å². The highest BCUT2D eigenvalue weighted by Gasteiger charge is 2.14. The molecule has 0 atom stereocenters. The number of aryl methyl sites for hydroxylation is 1. The van der Waals surface area contributed by atoms with Gasteiger partial charge in [0, 0.05) is 16.9 Å². The number of anilines is 1. The minimum absolute atomic E-state index is 0.154. The van der Waals surface area contributed by atoms with Crippen molar-refractivity contribution >= 4 is 29.0 Å². The van der Waals surface area contributed by atoms with Crippen molar-refractivity contribution < 1.29 is 13.6 Å². The van der Waals surface area contributed by atoms with Crippen LogP contribution in [0.5, 0.6) is 0 Å². The fourth-order valence-electron chi connectivity index (χ4n) is 2.86. The summed E-state index contributed by atoms with van der Waals surface area (Å²) in [6.45, 7) is 1.87. The molecule has 0 aliphatic heterocycles. The summed E-state index contributed by atoms with van der Waals surface area (Å²) >= 11 is 1.32. The van der Waals surface area contributed by atoms with Gasteiger partial charge in [0.2, 0.25) is 5.91 Å². The molecule has 1 amide bonds. The molecule has 146 valence electrons. The predicted octanol–water partition coefficient (Wildman–Crippen LogP) is 4.71. The van der Waals surface area contributed by atoms with Crippen molar-refractivity contribution in [2.75, 3.05) is 11.1 Å². The molecular weight excluding hydrogens is 394 g/mol. The fourth-order valence-corrected chi connectivity index (χ4v) is 3.72. The number of thioether (sulfide) groups is 1. The molecule has 0 saturated carbocycles.